The minimum absolute atomic E-state index is 0.0700. The molecule has 4 fully saturated rings. The van der Waals surface area contributed by atoms with Crippen molar-refractivity contribution < 1.29 is 37.5 Å². The number of likely N-dealkylation sites (tertiary alicyclic amines) is 1. The molecule has 3 N–H and O–H groups in total. The first-order valence-corrected chi connectivity index (χ1v) is 26.8. The molecular formula is C52H62N6O9S2. The Morgan fingerprint density at radius 2 is 1.80 bits per heavy atom. The summed E-state index contributed by atoms with van der Waals surface area (Å²) in [5.41, 5.74) is 3.47. The Hall–Kier alpha value is -5.36. The van der Waals surface area contributed by atoms with Gasteiger partial charge >= 0.3 is 0 Å². The van der Waals surface area contributed by atoms with Crippen LogP contribution in [0.5, 0.6) is 23.1 Å². The first-order valence-electron chi connectivity index (χ1n) is 24.4. The first kappa shape index (κ1) is 47.3. The van der Waals surface area contributed by atoms with Gasteiger partial charge in [0.15, 0.2) is 5.75 Å². The molecule has 5 heterocycles. The molecule has 3 aromatic carbocycles. The fraction of sp³-hybridized carbons (Fsp3) is 0.500. The van der Waals surface area contributed by atoms with Crippen molar-refractivity contribution in [2.45, 2.75) is 130 Å². The van der Waals surface area contributed by atoms with E-state index in [2.05, 4.69) is 62.6 Å². The molecule has 69 heavy (non-hydrogen) atoms. The van der Waals surface area contributed by atoms with Gasteiger partial charge in [-0.25, -0.2) is 13.1 Å². The number of benzene rings is 3. The molecule has 2 atom stereocenters. The van der Waals surface area contributed by atoms with Gasteiger partial charge < -0.3 is 29.2 Å². The van der Waals surface area contributed by atoms with Crippen molar-refractivity contribution in [2.24, 2.45) is 11.3 Å². The normalized spacial score (nSPS) is 23.9. The Morgan fingerprint density at radius 3 is 2.54 bits per heavy atom. The first-order chi connectivity index (χ1) is 33.1. The summed E-state index contributed by atoms with van der Waals surface area (Å²) in [4.78, 5) is 38.5. The second-order valence-corrected chi connectivity index (χ2v) is 23.6. The second kappa shape index (κ2) is 18.8. The number of nitro groups is 1. The average molecular weight is 979 g/mol. The molecule has 2 saturated heterocycles. The molecule has 2 saturated carbocycles. The summed E-state index contributed by atoms with van der Waals surface area (Å²) >= 11 is 1.31. The second-order valence-electron chi connectivity index (χ2n) is 20.6. The van der Waals surface area contributed by atoms with Crippen LogP contribution in [-0.4, -0.2) is 89.5 Å². The number of fused-ring (bicyclic) bond motifs is 2. The Morgan fingerprint density at radius 1 is 1.03 bits per heavy atom. The number of thioether (sulfide) groups is 1. The number of ether oxygens (including phenoxy) is 3. The lowest BCUT2D eigenvalue weighted by molar-refractivity contribution is -0.388. The SMILES string of the molecule is COc1nc2[nH]ccc2cc1Oc1cc(N2CCC3(CC2)CC(N2CCC[C@@H]2c2ccccc2C(C)C)C3)ccc1C(=O)NS(=O)(=O)c1cc2c(c([N+](=O)[O-])c1)S[C@@H](CC1CCC(C)(O)CC1)CO2. The number of nitrogens with zero attached hydrogens (tertiary/aromatic N) is 4. The number of methoxy groups -OCH3 is 1. The van der Waals surface area contributed by atoms with Crippen LogP contribution >= 0.6 is 11.8 Å². The number of carbonyl (C=O) groups excluding carboxylic acids is 1. The average Bonchev–Trinajstić information content (AvgIpc) is 4.00. The molecule has 17 heteroatoms. The maximum Gasteiger partial charge on any atom is 0.288 e. The molecule has 1 spiro atoms. The lowest BCUT2D eigenvalue weighted by atomic mass is 9.59. The molecule has 10 rings (SSSR count). The summed E-state index contributed by atoms with van der Waals surface area (Å²) in [6.07, 6.45) is 12.4. The van der Waals surface area contributed by atoms with Crippen LogP contribution in [0.4, 0.5) is 11.4 Å². The summed E-state index contributed by atoms with van der Waals surface area (Å²) in [6.45, 7) is 9.42. The number of piperidine rings is 1. The minimum Gasteiger partial charge on any atom is -0.491 e. The van der Waals surface area contributed by atoms with Crippen LogP contribution in [0.2, 0.25) is 0 Å². The third-order valence-corrected chi connectivity index (χ3v) is 18.2. The minimum atomic E-state index is -4.67. The number of carbonyl (C=O) groups is 1. The highest BCUT2D eigenvalue weighted by molar-refractivity contribution is 8.00. The van der Waals surface area contributed by atoms with E-state index in [1.807, 2.05) is 19.1 Å². The van der Waals surface area contributed by atoms with E-state index in [4.69, 9.17) is 14.2 Å². The molecule has 0 radical (unpaired) electrons. The van der Waals surface area contributed by atoms with Crippen LogP contribution in [0, 0.1) is 21.4 Å². The summed E-state index contributed by atoms with van der Waals surface area (Å²) in [6, 6.07) is 20.9. The van der Waals surface area contributed by atoms with Gasteiger partial charge in [-0.15, -0.1) is 11.8 Å². The lowest BCUT2D eigenvalue weighted by Crippen LogP contribution is -2.54. The molecule has 0 unspecified atom stereocenters. The molecule has 5 aliphatic rings. The van der Waals surface area contributed by atoms with Crippen LogP contribution in [0.1, 0.15) is 125 Å². The van der Waals surface area contributed by atoms with Gasteiger partial charge in [-0.3, -0.25) is 19.8 Å². The van der Waals surface area contributed by atoms with Crippen molar-refractivity contribution in [3.05, 3.63) is 99.7 Å². The molecule has 366 valence electrons. The molecule has 0 bridgehead atoms. The number of aromatic nitrogens is 2. The zero-order chi connectivity index (χ0) is 48.2. The number of nitrogens with one attached hydrogen (secondary N) is 2. The molecule has 1 amide bonds. The molecular weight excluding hydrogens is 917 g/mol. The van der Waals surface area contributed by atoms with E-state index < -0.39 is 37.0 Å². The standard InChI is InChI=1S/C52H62N6O9S2/c1-32(2)39-8-5-6-9-40(39)42-10-7-21-57(42)36-29-52(30-36)18-22-56(23-19-52)35-11-12-41(44(26-35)67-46-25-34-15-20-53-48(34)54-50(46)65-4)49(59)55-69(63,64)38-27-43(58(61)62)47-45(28-38)66-31-37(68-47)24-33-13-16-51(3,60)17-14-33/h5-6,8-9,11-12,15,20,25-28,32-33,36-37,42,60H,7,10,13-14,16-19,21-24,29-31H2,1-4H3,(H,53,54)(H,55,59)/t33?,37-,42+,51?/m0/s1. The molecule has 2 aliphatic carbocycles. The quantitative estimate of drug-likeness (QED) is 0.0747. The number of anilines is 1. The predicted octanol–water partition coefficient (Wildman–Crippen LogP) is 10.3. The number of aliphatic hydroxyl groups is 1. The molecule has 5 aromatic rings. The van der Waals surface area contributed by atoms with E-state index in [0.29, 0.717) is 42.4 Å². The van der Waals surface area contributed by atoms with Crippen LogP contribution in [-0.2, 0) is 10.0 Å². The Kier molecular flexibility index (Phi) is 12.9. The number of amides is 1. The summed E-state index contributed by atoms with van der Waals surface area (Å²) in [7, 11) is -3.21. The fourth-order valence-corrected chi connectivity index (χ4v) is 14.0. The number of rotatable bonds is 13. The highest BCUT2D eigenvalue weighted by Crippen LogP contribution is 2.55. The highest BCUT2D eigenvalue weighted by atomic mass is 32.2. The van der Waals surface area contributed by atoms with E-state index in [-0.39, 0.29) is 50.9 Å². The number of sulfonamides is 1. The number of nitro benzene ring substituents is 1. The largest absolute Gasteiger partial charge is 0.491 e. The van der Waals surface area contributed by atoms with Crippen molar-refractivity contribution in [1.82, 2.24) is 19.6 Å². The van der Waals surface area contributed by atoms with E-state index >= 15 is 0 Å². The Labute approximate surface area is 407 Å². The maximum atomic E-state index is 14.2. The van der Waals surface area contributed by atoms with E-state index in [0.717, 1.165) is 68.9 Å². The van der Waals surface area contributed by atoms with Crippen LogP contribution < -0.4 is 23.8 Å². The monoisotopic (exact) mass is 978 g/mol. The van der Waals surface area contributed by atoms with Gasteiger partial charge in [-0.2, -0.15) is 4.98 Å². The smallest absolute Gasteiger partial charge is 0.288 e. The van der Waals surface area contributed by atoms with E-state index in [9.17, 15) is 28.4 Å². The van der Waals surface area contributed by atoms with Gasteiger partial charge in [0.25, 0.3) is 27.5 Å². The van der Waals surface area contributed by atoms with Gasteiger partial charge in [0.1, 0.15) is 28.6 Å². The van der Waals surface area contributed by atoms with Gasteiger partial charge in [-0.05, 0) is 137 Å². The van der Waals surface area contributed by atoms with Crippen LogP contribution in [0.3, 0.4) is 0 Å². The van der Waals surface area contributed by atoms with E-state index in [1.54, 1.807) is 24.4 Å². The molecule has 15 nitrogen and oxygen atoms in total. The van der Waals surface area contributed by atoms with Crippen molar-refractivity contribution in [2.75, 3.05) is 38.3 Å². The van der Waals surface area contributed by atoms with E-state index in [1.165, 1.54) is 61.7 Å². The van der Waals surface area contributed by atoms with Gasteiger partial charge in [0, 0.05) is 65.9 Å². The highest BCUT2D eigenvalue weighted by Gasteiger charge is 2.50. The number of hydrogen-bond acceptors (Lipinski definition) is 13. The van der Waals surface area contributed by atoms with Crippen molar-refractivity contribution in [1.29, 1.82) is 0 Å². The lowest BCUT2D eigenvalue weighted by Gasteiger charge is -2.56. The summed E-state index contributed by atoms with van der Waals surface area (Å²) < 4.78 is 48.4. The molecule has 3 aliphatic heterocycles. The summed E-state index contributed by atoms with van der Waals surface area (Å²) in [5.74, 6) is 0.395. The third-order valence-electron chi connectivity index (χ3n) is 15.6. The zero-order valence-corrected chi connectivity index (χ0v) is 41.4. The maximum absolute atomic E-state index is 14.2. The predicted molar refractivity (Wildman–Crippen MR) is 265 cm³/mol. The number of pyridine rings is 1. The van der Waals surface area contributed by atoms with Gasteiger partial charge in [0.2, 0.25) is 0 Å². The topological polar surface area (TPSA) is 189 Å². The Balaban J connectivity index is 0.865. The number of H-pyrrole nitrogens is 1. The fourth-order valence-electron chi connectivity index (χ4n) is 11.7. The van der Waals surface area contributed by atoms with Crippen LogP contribution in [0.25, 0.3) is 11.0 Å². The van der Waals surface area contributed by atoms with Crippen molar-refractivity contribution >= 4 is 50.1 Å². The number of aromatic amines is 1. The van der Waals surface area contributed by atoms with Crippen LogP contribution in [0.15, 0.2) is 82.7 Å². The molecule has 2 aromatic heterocycles. The van der Waals surface area contributed by atoms with Crippen molar-refractivity contribution in [3.63, 3.8) is 0 Å². The zero-order valence-electron chi connectivity index (χ0n) is 39.7. The Bertz CT molecular complexity index is 2860. The summed E-state index contributed by atoms with van der Waals surface area (Å²) in [5, 5.41) is 23.5. The van der Waals surface area contributed by atoms with Gasteiger partial charge in [-0.1, -0.05) is 38.1 Å². The number of hydrogen-bond donors (Lipinski definition) is 3. The van der Waals surface area contributed by atoms with Gasteiger partial charge in [0.05, 0.1) is 28.1 Å². The third kappa shape index (κ3) is 9.63. The van der Waals surface area contributed by atoms with Crippen molar-refractivity contribution in [3.8, 4) is 23.1 Å².